The van der Waals surface area contributed by atoms with E-state index in [1.807, 2.05) is 6.92 Å². The number of rotatable bonds is 17. The zero-order chi connectivity index (χ0) is 28.2. The highest BCUT2D eigenvalue weighted by Crippen LogP contribution is 2.15. The summed E-state index contributed by atoms with van der Waals surface area (Å²) in [6.07, 6.45) is 5.05. The molecule has 212 valence electrons. The van der Waals surface area contributed by atoms with Crippen LogP contribution in [0.25, 0.3) is 0 Å². The number of carboxylic acids is 1. The Morgan fingerprint density at radius 3 is 1.47 bits per heavy atom. The summed E-state index contributed by atoms with van der Waals surface area (Å²) in [4.78, 5) is 23.1. The average Bonchev–Trinajstić information content (AvgIpc) is 2.90. The summed E-state index contributed by atoms with van der Waals surface area (Å²) in [7, 11) is 0. The minimum atomic E-state index is -0.950. The maximum atomic E-state index is 12.1. The molecule has 0 saturated carbocycles. The normalized spacial score (nSPS) is 12.2. The predicted octanol–water partition coefficient (Wildman–Crippen LogP) is 5.67. The van der Waals surface area contributed by atoms with E-state index in [2.05, 4.69) is 13.8 Å². The summed E-state index contributed by atoms with van der Waals surface area (Å²) in [6, 6.07) is 13.3. The largest absolute Gasteiger partial charge is 0.508 e. The van der Waals surface area contributed by atoms with Gasteiger partial charge in [-0.15, -0.1) is 0 Å². The van der Waals surface area contributed by atoms with Gasteiger partial charge in [-0.25, -0.2) is 9.59 Å². The minimum absolute atomic E-state index is 0.174. The first-order valence-corrected chi connectivity index (χ1v) is 13.5. The van der Waals surface area contributed by atoms with E-state index in [1.54, 1.807) is 48.5 Å². The molecule has 8 nitrogen and oxygen atoms in total. The van der Waals surface area contributed by atoms with E-state index in [-0.39, 0.29) is 17.5 Å². The van der Waals surface area contributed by atoms with E-state index in [1.165, 1.54) is 0 Å². The number of ether oxygens (including phenoxy) is 3. The first-order valence-electron chi connectivity index (χ1n) is 13.5. The van der Waals surface area contributed by atoms with Crippen molar-refractivity contribution in [2.45, 2.75) is 84.3 Å². The van der Waals surface area contributed by atoms with Gasteiger partial charge in [0.15, 0.2) is 12.2 Å². The standard InChI is InChI=1S/C17H26O4.C13H18O4/c1-3-5-11-20-16(17(19)21-12-6-4-2)13-14-7-9-15(18)10-8-14;1-2-3-8-17-12(13(15)16)9-10-4-6-11(14)7-5-10/h7-10,16,18H,3-6,11-13H2,1-2H3;4-7,12,14H,2-3,8-9H2,1H3,(H,15,16)/t16-;/m1./s1. The molecule has 2 aromatic carbocycles. The number of phenolic OH excluding ortho intramolecular Hbond substituents is 2. The summed E-state index contributed by atoms with van der Waals surface area (Å²) >= 11 is 0. The van der Waals surface area contributed by atoms with Crippen LogP contribution in [-0.2, 0) is 36.6 Å². The van der Waals surface area contributed by atoms with E-state index >= 15 is 0 Å². The predicted molar refractivity (Wildman–Crippen MR) is 146 cm³/mol. The Balaban J connectivity index is 0.000000389. The molecule has 0 aliphatic rings. The van der Waals surface area contributed by atoms with Crippen molar-refractivity contribution < 1.29 is 39.1 Å². The molecule has 0 aromatic heterocycles. The van der Waals surface area contributed by atoms with Crippen LogP contribution >= 0.6 is 0 Å². The van der Waals surface area contributed by atoms with Gasteiger partial charge < -0.3 is 29.5 Å². The van der Waals surface area contributed by atoms with Crippen LogP contribution in [0, 0.1) is 0 Å². The number of carbonyl (C=O) groups is 2. The maximum Gasteiger partial charge on any atom is 0.335 e. The Morgan fingerprint density at radius 1 is 0.658 bits per heavy atom. The van der Waals surface area contributed by atoms with Crippen LogP contribution in [0.1, 0.15) is 70.4 Å². The molecule has 3 N–H and O–H groups in total. The molecule has 0 spiro atoms. The third-order valence-corrected chi connectivity index (χ3v) is 5.63. The molecule has 0 bridgehead atoms. The number of aliphatic carboxylic acids is 1. The second-order valence-corrected chi connectivity index (χ2v) is 9.03. The van der Waals surface area contributed by atoms with E-state index in [9.17, 15) is 14.7 Å². The highest BCUT2D eigenvalue weighted by atomic mass is 16.6. The summed E-state index contributed by atoms with van der Waals surface area (Å²) < 4.78 is 16.2. The first kappa shape index (κ1) is 32.9. The van der Waals surface area contributed by atoms with Gasteiger partial charge in [-0.3, -0.25) is 0 Å². The van der Waals surface area contributed by atoms with Crippen LogP contribution in [0.3, 0.4) is 0 Å². The molecule has 0 fully saturated rings. The van der Waals surface area contributed by atoms with Crippen molar-refractivity contribution in [2.75, 3.05) is 19.8 Å². The molecular formula is C30H44O8. The monoisotopic (exact) mass is 532 g/mol. The fourth-order valence-corrected chi connectivity index (χ4v) is 3.27. The van der Waals surface area contributed by atoms with E-state index in [4.69, 9.17) is 24.4 Å². The Hall–Kier alpha value is -3.10. The molecule has 0 heterocycles. The molecule has 8 heteroatoms. The van der Waals surface area contributed by atoms with Crippen molar-refractivity contribution in [2.24, 2.45) is 0 Å². The number of esters is 1. The molecule has 2 rings (SSSR count). The molecule has 38 heavy (non-hydrogen) atoms. The summed E-state index contributed by atoms with van der Waals surface area (Å²) in [5.41, 5.74) is 1.79. The van der Waals surface area contributed by atoms with Crippen molar-refractivity contribution in [3.8, 4) is 11.5 Å². The van der Waals surface area contributed by atoms with Gasteiger partial charge in [0.2, 0.25) is 0 Å². The van der Waals surface area contributed by atoms with Gasteiger partial charge in [0.1, 0.15) is 11.5 Å². The second-order valence-electron chi connectivity index (χ2n) is 9.03. The van der Waals surface area contributed by atoms with Crippen LogP contribution in [0.5, 0.6) is 11.5 Å². The molecule has 0 aliphatic heterocycles. The summed E-state index contributed by atoms with van der Waals surface area (Å²) in [6.45, 7) is 7.63. The van der Waals surface area contributed by atoms with Gasteiger partial charge in [0, 0.05) is 26.1 Å². The number of benzene rings is 2. The lowest BCUT2D eigenvalue weighted by atomic mass is 10.1. The lowest BCUT2D eigenvalue weighted by Gasteiger charge is -2.17. The number of phenols is 2. The number of carbonyl (C=O) groups excluding carboxylic acids is 1. The van der Waals surface area contributed by atoms with Crippen LogP contribution < -0.4 is 0 Å². The number of aromatic hydroxyl groups is 2. The molecular weight excluding hydrogens is 488 g/mol. The van der Waals surface area contributed by atoms with Crippen molar-refractivity contribution in [1.82, 2.24) is 0 Å². The molecule has 2 atom stereocenters. The summed E-state index contributed by atoms with van der Waals surface area (Å²) in [5.74, 6) is -0.859. The van der Waals surface area contributed by atoms with Gasteiger partial charge in [-0.1, -0.05) is 64.3 Å². The Morgan fingerprint density at radius 2 is 1.05 bits per heavy atom. The van der Waals surface area contributed by atoms with Gasteiger partial charge in [-0.05, 0) is 54.7 Å². The van der Waals surface area contributed by atoms with Gasteiger partial charge in [-0.2, -0.15) is 0 Å². The smallest absolute Gasteiger partial charge is 0.335 e. The van der Waals surface area contributed by atoms with Gasteiger partial charge in [0.05, 0.1) is 6.61 Å². The SMILES string of the molecule is CCCCOC(=O)[C@@H](Cc1ccc(O)cc1)OCCCC.CCCCOC(Cc1ccc(O)cc1)C(=O)O. The molecule has 0 aliphatic carbocycles. The lowest BCUT2D eigenvalue weighted by Crippen LogP contribution is -2.29. The lowest BCUT2D eigenvalue weighted by molar-refractivity contribution is -0.157. The Bertz CT molecular complexity index is 895. The molecule has 0 radical (unpaired) electrons. The number of hydrogen-bond acceptors (Lipinski definition) is 7. The second kappa shape index (κ2) is 19.9. The van der Waals surface area contributed by atoms with Crippen LogP contribution in [0.15, 0.2) is 48.5 Å². The van der Waals surface area contributed by atoms with Crippen LogP contribution in [0.4, 0.5) is 0 Å². The summed E-state index contributed by atoms with van der Waals surface area (Å²) in [5, 5.41) is 27.4. The fourth-order valence-electron chi connectivity index (χ4n) is 3.27. The van der Waals surface area contributed by atoms with Crippen LogP contribution in [0.2, 0.25) is 0 Å². The third-order valence-electron chi connectivity index (χ3n) is 5.63. The topological polar surface area (TPSA) is 123 Å². The minimum Gasteiger partial charge on any atom is -0.508 e. The Kier molecular flexibility index (Phi) is 17.3. The third kappa shape index (κ3) is 14.6. The molecule has 1 unspecified atom stereocenters. The van der Waals surface area contributed by atoms with Crippen molar-refractivity contribution in [3.63, 3.8) is 0 Å². The first-order chi connectivity index (χ1) is 18.3. The number of unbranched alkanes of at least 4 members (excludes halogenated alkanes) is 3. The molecule has 0 saturated heterocycles. The number of carboxylic acid groups (broad SMARTS) is 1. The molecule has 2 aromatic rings. The highest BCUT2D eigenvalue weighted by molar-refractivity contribution is 5.75. The quantitative estimate of drug-likeness (QED) is 0.176. The average molecular weight is 533 g/mol. The molecule has 0 amide bonds. The highest BCUT2D eigenvalue weighted by Gasteiger charge is 2.21. The van der Waals surface area contributed by atoms with E-state index < -0.39 is 18.2 Å². The zero-order valence-electron chi connectivity index (χ0n) is 22.9. The van der Waals surface area contributed by atoms with E-state index in [0.29, 0.717) is 32.7 Å². The Labute approximate surface area is 226 Å². The van der Waals surface area contributed by atoms with E-state index in [0.717, 1.165) is 49.7 Å². The van der Waals surface area contributed by atoms with Gasteiger partial charge >= 0.3 is 11.9 Å². The van der Waals surface area contributed by atoms with Crippen molar-refractivity contribution in [1.29, 1.82) is 0 Å². The van der Waals surface area contributed by atoms with Gasteiger partial charge in [0.25, 0.3) is 0 Å². The maximum absolute atomic E-state index is 12.1. The number of hydrogen-bond donors (Lipinski definition) is 3. The van der Waals surface area contributed by atoms with Crippen molar-refractivity contribution >= 4 is 11.9 Å². The van der Waals surface area contributed by atoms with Crippen LogP contribution in [-0.4, -0.2) is 59.3 Å². The zero-order valence-corrected chi connectivity index (χ0v) is 22.9. The fraction of sp³-hybridized carbons (Fsp3) is 0.533. The van der Waals surface area contributed by atoms with Crippen molar-refractivity contribution in [3.05, 3.63) is 59.7 Å².